The molecule has 6 nitrogen and oxygen atoms in total. The van der Waals surface area contributed by atoms with Crippen LogP contribution < -0.4 is 9.03 Å². The summed E-state index contributed by atoms with van der Waals surface area (Å²) in [6.45, 7) is 5.39. The van der Waals surface area contributed by atoms with Gasteiger partial charge in [0.2, 0.25) is 20.0 Å². The molecule has 1 fully saturated rings. The van der Waals surface area contributed by atoms with Gasteiger partial charge < -0.3 is 0 Å². The van der Waals surface area contributed by atoms with Crippen LogP contribution in [-0.2, 0) is 20.0 Å². The fourth-order valence-electron chi connectivity index (χ4n) is 2.08. The molecule has 0 unspecified atom stereocenters. The highest BCUT2D eigenvalue weighted by molar-refractivity contribution is 7.93. The van der Waals surface area contributed by atoms with Crippen LogP contribution in [0.3, 0.4) is 0 Å². The molecule has 1 aromatic carbocycles. The van der Waals surface area contributed by atoms with Crippen LogP contribution in [0, 0.1) is 6.92 Å². The molecule has 1 saturated heterocycles. The summed E-state index contributed by atoms with van der Waals surface area (Å²) in [4.78, 5) is 0. The predicted octanol–water partition coefficient (Wildman–Crippen LogP) is 1.69. The molecular formula is C13H20N2O4S2. The SMILES string of the molecule is Cc1ccc(N2CCCS2(=O)=O)cc1NS(=O)(=O)C(C)C. The van der Waals surface area contributed by atoms with E-state index in [0.29, 0.717) is 24.3 Å². The van der Waals surface area contributed by atoms with E-state index in [1.807, 2.05) is 0 Å². The molecule has 0 atom stereocenters. The molecule has 0 amide bonds. The highest BCUT2D eigenvalue weighted by Crippen LogP contribution is 2.29. The molecule has 8 heteroatoms. The Labute approximate surface area is 126 Å². The number of benzene rings is 1. The number of anilines is 2. The Morgan fingerprint density at radius 1 is 1.29 bits per heavy atom. The summed E-state index contributed by atoms with van der Waals surface area (Å²) in [6, 6.07) is 5.00. The Hall–Kier alpha value is -1.28. The molecule has 1 aromatic rings. The topological polar surface area (TPSA) is 83.6 Å². The minimum absolute atomic E-state index is 0.133. The zero-order chi connectivity index (χ0) is 15.8. The summed E-state index contributed by atoms with van der Waals surface area (Å²) >= 11 is 0. The number of sulfonamides is 2. The van der Waals surface area contributed by atoms with Crippen molar-refractivity contribution in [1.29, 1.82) is 0 Å². The smallest absolute Gasteiger partial charge is 0.235 e. The van der Waals surface area contributed by atoms with Crippen molar-refractivity contribution in [3.63, 3.8) is 0 Å². The van der Waals surface area contributed by atoms with Crippen LogP contribution in [0.5, 0.6) is 0 Å². The average molecular weight is 332 g/mol. The van der Waals surface area contributed by atoms with Crippen LogP contribution in [0.25, 0.3) is 0 Å². The fourth-order valence-corrected chi connectivity index (χ4v) is 4.39. The largest absolute Gasteiger partial charge is 0.283 e. The lowest BCUT2D eigenvalue weighted by Crippen LogP contribution is -2.26. The van der Waals surface area contributed by atoms with Crippen molar-refractivity contribution in [2.24, 2.45) is 0 Å². The lowest BCUT2D eigenvalue weighted by molar-refractivity contribution is 0.592. The van der Waals surface area contributed by atoms with Crippen LogP contribution >= 0.6 is 0 Å². The van der Waals surface area contributed by atoms with Crippen LogP contribution in [0.2, 0.25) is 0 Å². The number of rotatable bonds is 4. The van der Waals surface area contributed by atoms with Crippen molar-refractivity contribution in [2.45, 2.75) is 32.4 Å². The Kier molecular flexibility index (Phi) is 4.21. The summed E-state index contributed by atoms with van der Waals surface area (Å²) in [6.07, 6.45) is 0.587. The summed E-state index contributed by atoms with van der Waals surface area (Å²) in [7, 11) is -6.73. The molecule has 21 heavy (non-hydrogen) atoms. The zero-order valence-electron chi connectivity index (χ0n) is 12.3. The molecule has 0 saturated carbocycles. The van der Waals surface area contributed by atoms with E-state index in [0.717, 1.165) is 5.56 Å². The molecule has 1 heterocycles. The van der Waals surface area contributed by atoms with Crippen molar-refractivity contribution < 1.29 is 16.8 Å². The molecule has 0 bridgehead atoms. The third-order valence-electron chi connectivity index (χ3n) is 3.48. The molecule has 0 aliphatic carbocycles. The number of hydrogen-bond acceptors (Lipinski definition) is 4. The second-order valence-corrected chi connectivity index (χ2v) is 9.69. The minimum Gasteiger partial charge on any atom is -0.283 e. The first-order chi connectivity index (χ1) is 9.63. The molecule has 0 radical (unpaired) electrons. The van der Waals surface area contributed by atoms with Crippen molar-refractivity contribution in [3.05, 3.63) is 23.8 Å². The number of hydrogen-bond donors (Lipinski definition) is 1. The van der Waals surface area contributed by atoms with Crippen LogP contribution in [0.1, 0.15) is 25.8 Å². The maximum Gasteiger partial charge on any atom is 0.235 e. The van der Waals surface area contributed by atoms with Gasteiger partial charge in [-0.2, -0.15) is 0 Å². The average Bonchev–Trinajstić information content (AvgIpc) is 2.71. The van der Waals surface area contributed by atoms with Gasteiger partial charge in [0.25, 0.3) is 0 Å². The standard InChI is InChI=1S/C13H20N2O4S2/c1-10(2)21(18,19)14-13-9-12(6-5-11(13)3)15-7-4-8-20(15,16)17/h5-6,9-10,14H,4,7-8H2,1-3H3. The Balaban J connectivity index is 2.39. The van der Waals surface area contributed by atoms with Gasteiger partial charge in [-0.15, -0.1) is 0 Å². The first-order valence-corrected chi connectivity index (χ1v) is 9.92. The van der Waals surface area contributed by atoms with Crippen molar-refractivity contribution in [3.8, 4) is 0 Å². The Morgan fingerprint density at radius 2 is 1.95 bits per heavy atom. The van der Waals surface area contributed by atoms with E-state index in [-0.39, 0.29) is 5.75 Å². The van der Waals surface area contributed by atoms with Gasteiger partial charge in [0.15, 0.2) is 0 Å². The second-order valence-electron chi connectivity index (χ2n) is 5.44. The van der Waals surface area contributed by atoms with E-state index in [2.05, 4.69) is 4.72 Å². The highest BCUT2D eigenvalue weighted by Gasteiger charge is 2.29. The summed E-state index contributed by atoms with van der Waals surface area (Å²) in [5.41, 5.74) is 1.67. The van der Waals surface area contributed by atoms with Gasteiger partial charge in [0, 0.05) is 6.54 Å². The van der Waals surface area contributed by atoms with Gasteiger partial charge in [-0.1, -0.05) is 6.07 Å². The molecule has 118 valence electrons. The lowest BCUT2D eigenvalue weighted by atomic mass is 10.2. The molecule has 2 rings (SSSR count). The number of nitrogens with zero attached hydrogens (tertiary/aromatic N) is 1. The van der Waals surface area contributed by atoms with Gasteiger partial charge in [-0.3, -0.25) is 9.03 Å². The normalized spacial score (nSPS) is 18.2. The Morgan fingerprint density at radius 3 is 2.48 bits per heavy atom. The van der Waals surface area contributed by atoms with Gasteiger partial charge in [-0.05, 0) is 44.9 Å². The lowest BCUT2D eigenvalue weighted by Gasteiger charge is -2.19. The van der Waals surface area contributed by atoms with Gasteiger partial charge in [0.05, 0.1) is 22.4 Å². The summed E-state index contributed by atoms with van der Waals surface area (Å²) < 4.78 is 51.7. The zero-order valence-corrected chi connectivity index (χ0v) is 14.0. The molecule has 1 aliphatic heterocycles. The van der Waals surface area contributed by atoms with Crippen LogP contribution in [0.4, 0.5) is 11.4 Å². The van der Waals surface area contributed by atoms with Gasteiger partial charge in [-0.25, -0.2) is 16.8 Å². The molecular weight excluding hydrogens is 312 g/mol. The first-order valence-electron chi connectivity index (χ1n) is 6.76. The van der Waals surface area contributed by atoms with Crippen molar-refractivity contribution in [2.75, 3.05) is 21.3 Å². The quantitative estimate of drug-likeness (QED) is 0.909. The minimum atomic E-state index is -3.46. The second kappa shape index (κ2) is 5.49. The number of nitrogens with one attached hydrogen (secondary N) is 1. The summed E-state index contributed by atoms with van der Waals surface area (Å²) in [5.74, 6) is 0.133. The maximum atomic E-state index is 12.0. The van der Waals surface area contributed by atoms with E-state index in [1.54, 1.807) is 39.0 Å². The Bertz CT molecular complexity index is 739. The van der Waals surface area contributed by atoms with E-state index in [9.17, 15) is 16.8 Å². The molecule has 0 spiro atoms. The monoisotopic (exact) mass is 332 g/mol. The fraction of sp³-hybridized carbons (Fsp3) is 0.538. The first kappa shape index (κ1) is 16.1. The predicted molar refractivity (Wildman–Crippen MR) is 84.6 cm³/mol. The van der Waals surface area contributed by atoms with Crippen LogP contribution in [-0.4, -0.2) is 34.4 Å². The van der Waals surface area contributed by atoms with Crippen molar-refractivity contribution in [1.82, 2.24) is 0 Å². The van der Waals surface area contributed by atoms with Gasteiger partial charge in [0.1, 0.15) is 0 Å². The number of aryl methyl sites for hydroxylation is 1. The van der Waals surface area contributed by atoms with E-state index >= 15 is 0 Å². The summed E-state index contributed by atoms with van der Waals surface area (Å²) in [5, 5.41) is -0.559. The van der Waals surface area contributed by atoms with E-state index in [1.165, 1.54) is 4.31 Å². The molecule has 1 aliphatic rings. The molecule has 1 N–H and O–H groups in total. The maximum absolute atomic E-state index is 12.0. The van der Waals surface area contributed by atoms with Crippen molar-refractivity contribution >= 4 is 31.4 Å². The third kappa shape index (κ3) is 3.32. The highest BCUT2D eigenvalue weighted by atomic mass is 32.2. The molecule has 0 aromatic heterocycles. The van der Waals surface area contributed by atoms with Crippen LogP contribution in [0.15, 0.2) is 18.2 Å². The van der Waals surface area contributed by atoms with Gasteiger partial charge >= 0.3 is 0 Å². The third-order valence-corrected chi connectivity index (χ3v) is 7.10. The van der Waals surface area contributed by atoms with E-state index < -0.39 is 25.3 Å². The van der Waals surface area contributed by atoms with E-state index in [4.69, 9.17) is 0 Å².